The van der Waals surface area contributed by atoms with Gasteiger partial charge in [0.2, 0.25) is 0 Å². The van der Waals surface area contributed by atoms with Gasteiger partial charge in [-0.2, -0.15) is 0 Å². The molecule has 1 aliphatic heterocycles. The molecule has 1 fully saturated rings. The number of hydrogen-bond donors (Lipinski definition) is 1. The van der Waals surface area contributed by atoms with Crippen LogP contribution in [0.2, 0.25) is 0 Å². The van der Waals surface area contributed by atoms with Crippen molar-refractivity contribution in [3.05, 3.63) is 42.5 Å². The third-order valence-corrected chi connectivity index (χ3v) is 2.71. The van der Waals surface area contributed by atoms with Gasteiger partial charge in [-0.25, -0.2) is 0 Å². The molecule has 0 spiro atoms. The maximum Gasteiger partial charge on any atom is 0.255 e. The number of nitrogens with one attached hydrogen (secondary N) is 1. The molecule has 4 nitrogen and oxygen atoms in total. The van der Waals surface area contributed by atoms with Crippen LogP contribution in [0.15, 0.2) is 36.9 Å². The number of amides is 1. The minimum absolute atomic E-state index is 0.160. The predicted molar refractivity (Wildman–Crippen MR) is 68.8 cm³/mol. The molecule has 96 valence electrons. The van der Waals surface area contributed by atoms with E-state index < -0.39 is 0 Å². The second-order valence-electron chi connectivity index (χ2n) is 4.52. The normalized spacial score (nSPS) is 21.2. The molecule has 1 saturated heterocycles. The Morgan fingerprint density at radius 2 is 2.33 bits per heavy atom. The summed E-state index contributed by atoms with van der Waals surface area (Å²) in [5.41, 5.74) is 0.341. The Morgan fingerprint density at radius 3 is 3.00 bits per heavy atom. The summed E-state index contributed by atoms with van der Waals surface area (Å²) in [6.07, 6.45) is 1.64. The zero-order chi connectivity index (χ0) is 13.0. The number of para-hydroxylation sites is 1. The van der Waals surface area contributed by atoms with Gasteiger partial charge in [0.15, 0.2) is 0 Å². The quantitative estimate of drug-likeness (QED) is 0.615. The first-order valence-electron chi connectivity index (χ1n) is 5.89. The highest BCUT2D eigenvalue weighted by atomic mass is 16.6. The molecule has 2 rings (SSSR count). The molecule has 1 atom stereocenters. The van der Waals surface area contributed by atoms with Gasteiger partial charge < -0.3 is 14.8 Å². The van der Waals surface area contributed by atoms with E-state index >= 15 is 0 Å². The van der Waals surface area contributed by atoms with E-state index in [2.05, 4.69) is 11.9 Å². The van der Waals surface area contributed by atoms with Crippen LogP contribution in [0.3, 0.4) is 0 Å². The summed E-state index contributed by atoms with van der Waals surface area (Å²) in [6.45, 7) is 7.14. The molecule has 1 amide bonds. The van der Waals surface area contributed by atoms with Crippen LogP contribution in [0.25, 0.3) is 0 Å². The van der Waals surface area contributed by atoms with Gasteiger partial charge in [-0.15, -0.1) is 6.58 Å². The van der Waals surface area contributed by atoms with Crippen molar-refractivity contribution >= 4 is 5.91 Å². The minimum atomic E-state index is -0.190. The smallest absolute Gasteiger partial charge is 0.255 e. The number of carbonyl (C=O) groups excluding carboxylic acids is 1. The van der Waals surface area contributed by atoms with Crippen LogP contribution >= 0.6 is 0 Å². The van der Waals surface area contributed by atoms with Crippen molar-refractivity contribution in [1.29, 1.82) is 0 Å². The van der Waals surface area contributed by atoms with Crippen molar-refractivity contribution in [3.63, 3.8) is 0 Å². The monoisotopic (exact) mass is 247 g/mol. The first kappa shape index (κ1) is 12.6. The van der Waals surface area contributed by atoms with E-state index in [0.717, 1.165) is 0 Å². The Labute approximate surface area is 107 Å². The zero-order valence-corrected chi connectivity index (χ0v) is 10.4. The number of benzene rings is 1. The highest BCUT2D eigenvalue weighted by Crippen LogP contribution is 2.28. The summed E-state index contributed by atoms with van der Waals surface area (Å²) in [7, 11) is 0. The van der Waals surface area contributed by atoms with Crippen LogP contribution in [-0.4, -0.2) is 31.3 Å². The lowest BCUT2D eigenvalue weighted by molar-refractivity contribution is 0.0952. The number of ether oxygens (including phenoxy) is 2. The second-order valence-corrected chi connectivity index (χ2v) is 4.52. The molecule has 1 N–H and O–H groups in total. The van der Waals surface area contributed by atoms with Gasteiger partial charge in [0.1, 0.15) is 18.0 Å². The van der Waals surface area contributed by atoms with E-state index in [-0.39, 0.29) is 11.5 Å². The average molecular weight is 247 g/mol. The molecule has 1 unspecified atom stereocenters. The van der Waals surface area contributed by atoms with Crippen LogP contribution in [0.1, 0.15) is 17.3 Å². The summed E-state index contributed by atoms with van der Waals surface area (Å²) in [5, 5.41) is 2.73. The lowest BCUT2D eigenvalue weighted by Crippen LogP contribution is -2.25. The topological polar surface area (TPSA) is 50.9 Å². The lowest BCUT2D eigenvalue weighted by atomic mass is 10.2. The number of rotatable bonds is 6. The second kappa shape index (κ2) is 5.23. The Hall–Kier alpha value is -1.81. The summed E-state index contributed by atoms with van der Waals surface area (Å²) >= 11 is 0. The Kier molecular flexibility index (Phi) is 3.67. The SMILES string of the molecule is C=CCNC(=O)c1ccccc1OCC1(C)CO1. The standard InChI is InChI=1S/C14H17NO3/c1-3-8-15-13(16)11-6-4-5-7-12(11)17-9-14(2)10-18-14/h3-7H,1,8-10H2,2H3,(H,15,16). The molecule has 1 aromatic rings. The van der Waals surface area contributed by atoms with Gasteiger partial charge in [-0.1, -0.05) is 18.2 Å². The van der Waals surface area contributed by atoms with E-state index in [0.29, 0.717) is 31.1 Å². The van der Waals surface area contributed by atoms with E-state index in [1.54, 1.807) is 18.2 Å². The van der Waals surface area contributed by atoms with Crippen molar-refractivity contribution in [1.82, 2.24) is 5.32 Å². The molecule has 0 saturated carbocycles. The van der Waals surface area contributed by atoms with Crippen molar-refractivity contribution in [3.8, 4) is 5.75 Å². The van der Waals surface area contributed by atoms with Crippen molar-refractivity contribution in [2.45, 2.75) is 12.5 Å². The van der Waals surface area contributed by atoms with Crippen LogP contribution in [-0.2, 0) is 4.74 Å². The molecule has 0 aliphatic carbocycles. The average Bonchev–Trinajstić information content (AvgIpc) is 3.12. The highest BCUT2D eigenvalue weighted by Gasteiger charge is 2.40. The maximum atomic E-state index is 11.9. The third-order valence-electron chi connectivity index (χ3n) is 2.71. The molecular weight excluding hydrogens is 230 g/mol. The molecule has 0 aromatic heterocycles. The molecule has 18 heavy (non-hydrogen) atoms. The first-order chi connectivity index (χ1) is 8.64. The molecule has 1 aliphatic rings. The van der Waals surface area contributed by atoms with Gasteiger partial charge in [0.25, 0.3) is 5.91 Å². The van der Waals surface area contributed by atoms with Crippen LogP contribution in [0, 0.1) is 0 Å². The number of epoxide rings is 1. The van der Waals surface area contributed by atoms with Crippen molar-refractivity contribution in [2.24, 2.45) is 0 Å². The molecule has 1 heterocycles. The van der Waals surface area contributed by atoms with E-state index in [9.17, 15) is 4.79 Å². The van der Waals surface area contributed by atoms with Gasteiger partial charge in [0.05, 0.1) is 12.2 Å². The molecular formula is C14H17NO3. The Bertz CT molecular complexity index is 452. The first-order valence-corrected chi connectivity index (χ1v) is 5.89. The van der Waals surface area contributed by atoms with Crippen molar-refractivity contribution in [2.75, 3.05) is 19.8 Å². The van der Waals surface area contributed by atoms with Crippen LogP contribution < -0.4 is 10.1 Å². The van der Waals surface area contributed by atoms with E-state index in [1.807, 2.05) is 19.1 Å². The Morgan fingerprint density at radius 1 is 1.61 bits per heavy atom. The zero-order valence-electron chi connectivity index (χ0n) is 10.4. The number of hydrogen-bond acceptors (Lipinski definition) is 3. The van der Waals surface area contributed by atoms with Crippen molar-refractivity contribution < 1.29 is 14.3 Å². The molecule has 1 aromatic carbocycles. The third kappa shape index (κ3) is 3.11. The fourth-order valence-electron chi connectivity index (χ4n) is 1.48. The van der Waals surface area contributed by atoms with E-state index in [1.165, 1.54) is 0 Å². The van der Waals surface area contributed by atoms with Gasteiger partial charge in [0, 0.05) is 6.54 Å². The largest absolute Gasteiger partial charge is 0.490 e. The highest BCUT2D eigenvalue weighted by molar-refractivity contribution is 5.96. The molecule has 0 bridgehead atoms. The fraction of sp³-hybridized carbons (Fsp3) is 0.357. The summed E-state index contributed by atoms with van der Waals surface area (Å²) in [6, 6.07) is 7.18. The summed E-state index contributed by atoms with van der Waals surface area (Å²) in [4.78, 5) is 11.9. The predicted octanol–water partition coefficient (Wildman–Crippen LogP) is 1.77. The molecule has 4 heteroatoms. The number of carbonyl (C=O) groups is 1. The van der Waals surface area contributed by atoms with Crippen LogP contribution in [0.4, 0.5) is 0 Å². The fourth-order valence-corrected chi connectivity index (χ4v) is 1.48. The Balaban J connectivity index is 2.04. The van der Waals surface area contributed by atoms with Gasteiger partial charge >= 0.3 is 0 Å². The lowest BCUT2D eigenvalue weighted by Gasteiger charge is -2.12. The maximum absolute atomic E-state index is 11.9. The minimum Gasteiger partial charge on any atom is -0.490 e. The summed E-state index contributed by atoms with van der Waals surface area (Å²) in [5.74, 6) is 0.420. The van der Waals surface area contributed by atoms with Gasteiger partial charge in [-0.3, -0.25) is 4.79 Å². The van der Waals surface area contributed by atoms with Crippen LogP contribution in [0.5, 0.6) is 5.75 Å². The van der Waals surface area contributed by atoms with E-state index in [4.69, 9.17) is 9.47 Å². The molecule has 0 radical (unpaired) electrons. The summed E-state index contributed by atoms with van der Waals surface area (Å²) < 4.78 is 10.9. The van der Waals surface area contributed by atoms with Gasteiger partial charge in [-0.05, 0) is 19.1 Å².